The van der Waals surface area contributed by atoms with E-state index in [1.807, 2.05) is 13.8 Å². The summed E-state index contributed by atoms with van der Waals surface area (Å²) in [5.74, 6) is 2.56. The molecule has 76 valence electrons. The molecule has 3 heteroatoms. The molecular formula is C10H19NO2. The predicted molar refractivity (Wildman–Crippen MR) is 53.4 cm³/mol. The molecule has 0 aliphatic carbocycles. The molecule has 0 saturated carbocycles. The molecule has 1 N–H and O–H groups in total. The maximum Gasteiger partial charge on any atom is 0.169 e. The van der Waals surface area contributed by atoms with Crippen molar-refractivity contribution >= 4 is 0 Å². The average Bonchev–Trinajstić information content (AvgIpc) is 2.13. The summed E-state index contributed by atoms with van der Waals surface area (Å²) in [5.41, 5.74) is 0. The minimum atomic E-state index is -0.146. The Labute approximate surface area is 80.8 Å². The van der Waals surface area contributed by atoms with Crippen LogP contribution in [0.3, 0.4) is 0 Å². The van der Waals surface area contributed by atoms with Crippen LogP contribution in [0.4, 0.5) is 0 Å². The molecule has 0 amide bonds. The molecular weight excluding hydrogens is 166 g/mol. The van der Waals surface area contributed by atoms with Crippen LogP contribution in [0.25, 0.3) is 0 Å². The number of terminal acetylenes is 1. The third-order valence-electron chi connectivity index (χ3n) is 1.46. The minimum absolute atomic E-state index is 0.146. The largest absolute Gasteiger partial charge is 0.352 e. The summed E-state index contributed by atoms with van der Waals surface area (Å²) in [7, 11) is 0. The van der Waals surface area contributed by atoms with Gasteiger partial charge in [0.15, 0.2) is 6.29 Å². The van der Waals surface area contributed by atoms with Gasteiger partial charge in [-0.25, -0.2) is 0 Å². The molecule has 3 nitrogen and oxygen atoms in total. The van der Waals surface area contributed by atoms with E-state index in [9.17, 15) is 0 Å². The van der Waals surface area contributed by atoms with Crippen LogP contribution < -0.4 is 5.32 Å². The van der Waals surface area contributed by atoms with Gasteiger partial charge in [-0.3, -0.25) is 0 Å². The van der Waals surface area contributed by atoms with E-state index in [0.29, 0.717) is 19.8 Å². The van der Waals surface area contributed by atoms with Crippen LogP contribution in [-0.4, -0.2) is 32.6 Å². The van der Waals surface area contributed by atoms with Gasteiger partial charge < -0.3 is 14.8 Å². The Morgan fingerprint density at radius 2 is 1.92 bits per heavy atom. The van der Waals surface area contributed by atoms with Crippen LogP contribution in [-0.2, 0) is 9.47 Å². The van der Waals surface area contributed by atoms with Gasteiger partial charge in [0.2, 0.25) is 0 Å². The second-order valence-electron chi connectivity index (χ2n) is 2.50. The SMILES string of the molecule is C#CCCNCC(OCC)OCC. The molecule has 0 fully saturated rings. The number of rotatable bonds is 8. The zero-order chi connectivity index (χ0) is 9.94. The summed E-state index contributed by atoms with van der Waals surface area (Å²) in [6.07, 6.45) is 5.71. The van der Waals surface area contributed by atoms with Gasteiger partial charge in [0, 0.05) is 32.7 Å². The molecule has 0 heterocycles. The highest BCUT2D eigenvalue weighted by molar-refractivity contribution is 4.83. The third-order valence-corrected chi connectivity index (χ3v) is 1.46. The Morgan fingerprint density at radius 3 is 2.38 bits per heavy atom. The van der Waals surface area contributed by atoms with Crippen molar-refractivity contribution in [1.29, 1.82) is 0 Å². The highest BCUT2D eigenvalue weighted by Crippen LogP contribution is 1.92. The van der Waals surface area contributed by atoms with Crippen molar-refractivity contribution in [1.82, 2.24) is 5.32 Å². The lowest BCUT2D eigenvalue weighted by Gasteiger charge is -2.16. The normalized spacial score (nSPS) is 10.3. The molecule has 0 unspecified atom stereocenters. The monoisotopic (exact) mass is 185 g/mol. The smallest absolute Gasteiger partial charge is 0.169 e. The van der Waals surface area contributed by atoms with Gasteiger partial charge >= 0.3 is 0 Å². The molecule has 0 atom stereocenters. The molecule has 0 aliphatic heterocycles. The fourth-order valence-corrected chi connectivity index (χ4v) is 0.918. The second-order valence-corrected chi connectivity index (χ2v) is 2.50. The maximum atomic E-state index is 5.33. The van der Waals surface area contributed by atoms with E-state index < -0.39 is 0 Å². The molecule has 0 rings (SSSR count). The molecule has 0 radical (unpaired) electrons. The van der Waals surface area contributed by atoms with E-state index >= 15 is 0 Å². The van der Waals surface area contributed by atoms with Gasteiger partial charge in [-0.15, -0.1) is 12.3 Å². The Kier molecular flexibility index (Phi) is 9.12. The van der Waals surface area contributed by atoms with Crippen molar-refractivity contribution in [3.63, 3.8) is 0 Å². The van der Waals surface area contributed by atoms with Crippen LogP contribution in [0.15, 0.2) is 0 Å². The lowest BCUT2D eigenvalue weighted by Crippen LogP contribution is -2.32. The van der Waals surface area contributed by atoms with Crippen molar-refractivity contribution in [3.05, 3.63) is 0 Å². The molecule has 0 saturated heterocycles. The van der Waals surface area contributed by atoms with Gasteiger partial charge in [0.25, 0.3) is 0 Å². The van der Waals surface area contributed by atoms with E-state index in [1.165, 1.54) is 0 Å². The molecule has 13 heavy (non-hydrogen) atoms. The van der Waals surface area contributed by atoms with E-state index in [0.717, 1.165) is 13.0 Å². The van der Waals surface area contributed by atoms with E-state index in [4.69, 9.17) is 15.9 Å². The van der Waals surface area contributed by atoms with Gasteiger partial charge in [-0.2, -0.15) is 0 Å². The molecule has 0 aliphatic rings. The molecule has 0 spiro atoms. The van der Waals surface area contributed by atoms with Crippen molar-refractivity contribution < 1.29 is 9.47 Å². The van der Waals surface area contributed by atoms with Crippen molar-refractivity contribution in [2.24, 2.45) is 0 Å². The fourth-order valence-electron chi connectivity index (χ4n) is 0.918. The maximum absolute atomic E-state index is 5.33. The van der Waals surface area contributed by atoms with Crippen LogP contribution in [0, 0.1) is 12.3 Å². The molecule has 0 aromatic heterocycles. The van der Waals surface area contributed by atoms with Crippen molar-refractivity contribution in [3.8, 4) is 12.3 Å². The van der Waals surface area contributed by atoms with Gasteiger partial charge in [0.05, 0.1) is 0 Å². The number of ether oxygens (including phenoxy) is 2. The van der Waals surface area contributed by atoms with E-state index in [2.05, 4.69) is 11.2 Å². The van der Waals surface area contributed by atoms with E-state index in [-0.39, 0.29) is 6.29 Å². The first-order chi connectivity index (χ1) is 6.35. The average molecular weight is 185 g/mol. The summed E-state index contributed by atoms with van der Waals surface area (Å²) in [6.45, 7) is 6.75. The number of hydrogen-bond acceptors (Lipinski definition) is 3. The summed E-state index contributed by atoms with van der Waals surface area (Å²) < 4.78 is 10.7. The van der Waals surface area contributed by atoms with Crippen molar-refractivity contribution in [2.45, 2.75) is 26.6 Å². The highest BCUT2D eigenvalue weighted by atomic mass is 16.7. The first-order valence-electron chi connectivity index (χ1n) is 4.72. The summed E-state index contributed by atoms with van der Waals surface area (Å²) in [6, 6.07) is 0. The second kappa shape index (κ2) is 9.53. The van der Waals surface area contributed by atoms with Crippen molar-refractivity contribution in [2.75, 3.05) is 26.3 Å². The summed E-state index contributed by atoms with van der Waals surface area (Å²) in [5, 5.41) is 3.16. The Bertz CT molecular complexity index is 136. The first kappa shape index (κ1) is 12.4. The molecule has 0 aromatic rings. The highest BCUT2D eigenvalue weighted by Gasteiger charge is 2.05. The third kappa shape index (κ3) is 7.79. The topological polar surface area (TPSA) is 30.5 Å². The Morgan fingerprint density at radius 1 is 1.31 bits per heavy atom. The van der Waals surface area contributed by atoms with Crippen LogP contribution in [0.5, 0.6) is 0 Å². The fraction of sp³-hybridized carbons (Fsp3) is 0.800. The Balaban J connectivity index is 3.39. The lowest BCUT2D eigenvalue weighted by molar-refractivity contribution is -0.132. The number of nitrogens with one attached hydrogen (secondary N) is 1. The van der Waals surface area contributed by atoms with Crippen LogP contribution in [0.1, 0.15) is 20.3 Å². The minimum Gasteiger partial charge on any atom is -0.352 e. The van der Waals surface area contributed by atoms with Gasteiger partial charge in [-0.1, -0.05) is 0 Å². The van der Waals surface area contributed by atoms with Gasteiger partial charge in [0.1, 0.15) is 0 Å². The summed E-state index contributed by atoms with van der Waals surface area (Å²) in [4.78, 5) is 0. The standard InChI is InChI=1S/C10H19NO2/c1-4-7-8-11-9-10(12-5-2)13-6-3/h1,10-11H,5-9H2,2-3H3. The molecule has 0 aromatic carbocycles. The van der Waals surface area contributed by atoms with Crippen LogP contribution in [0.2, 0.25) is 0 Å². The lowest BCUT2D eigenvalue weighted by atomic mass is 10.4. The Hall–Kier alpha value is -0.560. The van der Waals surface area contributed by atoms with E-state index in [1.54, 1.807) is 0 Å². The predicted octanol–water partition coefficient (Wildman–Crippen LogP) is 0.998. The zero-order valence-corrected chi connectivity index (χ0v) is 8.51. The number of hydrogen-bond donors (Lipinski definition) is 1. The zero-order valence-electron chi connectivity index (χ0n) is 8.51. The quantitative estimate of drug-likeness (QED) is 0.347. The van der Waals surface area contributed by atoms with Gasteiger partial charge in [-0.05, 0) is 13.8 Å². The van der Waals surface area contributed by atoms with Crippen LogP contribution >= 0.6 is 0 Å². The first-order valence-corrected chi connectivity index (χ1v) is 4.72. The molecule has 0 bridgehead atoms. The summed E-state index contributed by atoms with van der Waals surface area (Å²) >= 11 is 0.